The van der Waals surface area contributed by atoms with Gasteiger partial charge in [0.15, 0.2) is 0 Å². The maximum Gasteiger partial charge on any atom is 0.237 e. The number of para-hydroxylation sites is 1. The molecule has 0 spiro atoms. The smallest absolute Gasteiger partial charge is 0.237 e. The van der Waals surface area contributed by atoms with E-state index < -0.39 is 10.0 Å². The monoisotopic (exact) mass is 356 g/mol. The molecule has 7 heteroatoms. The summed E-state index contributed by atoms with van der Waals surface area (Å²) in [5, 5.41) is 0. The zero-order valence-electron chi connectivity index (χ0n) is 15.0. The van der Waals surface area contributed by atoms with E-state index in [2.05, 4.69) is 0 Å². The molecule has 0 heterocycles. The predicted octanol–water partition coefficient (Wildman–Crippen LogP) is 2.11. The highest BCUT2D eigenvalue weighted by atomic mass is 32.2. The van der Waals surface area contributed by atoms with Gasteiger partial charge in [0.2, 0.25) is 15.9 Å². The van der Waals surface area contributed by atoms with Gasteiger partial charge < -0.3 is 9.64 Å². The van der Waals surface area contributed by atoms with Crippen LogP contribution in [0.3, 0.4) is 0 Å². The second-order valence-electron chi connectivity index (χ2n) is 5.72. The number of rotatable bonds is 10. The zero-order chi connectivity index (χ0) is 18.2. The number of amides is 1. The molecule has 0 aliphatic rings. The quantitative estimate of drug-likeness (QED) is 0.644. The molecule has 1 rings (SSSR count). The van der Waals surface area contributed by atoms with E-state index in [0.29, 0.717) is 18.8 Å². The van der Waals surface area contributed by atoms with Gasteiger partial charge in [-0.1, -0.05) is 32.0 Å². The number of carbonyl (C=O) groups excluding carboxylic acids is 1. The predicted molar refractivity (Wildman–Crippen MR) is 95.4 cm³/mol. The lowest BCUT2D eigenvalue weighted by Gasteiger charge is -2.26. The van der Waals surface area contributed by atoms with Crippen molar-refractivity contribution < 1.29 is 17.9 Å². The molecule has 0 N–H and O–H groups in total. The standard InChI is InChI=1S/C17H28N2O4S/c1-5-11-18(12-6-2)17(20)14-19(24(4,21)22)13-15-9-7-8-10-16(15)23-3/h7-10H,5-6,11-14H2,1-4H3. The number of methoxy groups -OCH3 is 1. The van der Waals surface area contributed by atoms with E-state index in [-0.39, 0.29) is 19.0 Å². The van der Waals surface area contributed by atoms with Gasteiger partial charge in [-0.25, -0.2) is 8.42 Å². The normalized spacial score (nSPS) is 11.5. The molecule has 0 radical (unpaired) electrons. The van der Waals surface area contributed by atoms with Crippen LogP contribution in [0, 0.1) is 0 Å². The first-order chi connectivity index (χ1) is 11.3. The van der Waals surface area contributed by atoms with Crippen LogP contribution < -0.4 is 4.74 Å². The van der Waals surface area contributed by atoms with Crippen LogP contribution in [0.2, 0.25) is 0 Å². The summed E-state index contributed by atoms with van der Waals surface area (Å²) >= 11 is 0. The highest BCUT2D eigenvalue weighted by Gasteiger charge is 2.24. The van der Waals surface area contributed by atoms with Crippen molar-refractivity contribution in [3.63, 3.8) is 0 Å². The Balaban J connectivity index is 2.96. The fourth-order valence-electron chi connectivity index (χ4n) is 2.47. The molecular weight excluding hydrogens is 328 g/mol. The largest absolute Gasteiger partial charge is 0.496 e. The maximum atomic E-state index is 12.5. The molecule has 0 saturated heterocycles. The molecule has 136 valence electrons. The molecule has 1 amide bonds. The van der Waals surface area contributed by atoms with Crippen LogP contribution in [0.25, 0.3) is 0 Å². The van der Waals surface area contributed by atoms with Crippen LogP contribution in [-0.4, -0.2) is 56.5 Å². The van der Waals surface area contributed by atoms with Gasteiger partial charge in [-0.3, -0.25) is 4.79 Å². The van der Waals surface area contributed by atoms with Gasteiger partial charge in [0, 0.05) is 25.2 Å². The van der Waals surface area contributed by atoms with Gasteiger partial charge in [0.1, 0.15) is 5.75 Å². The molecule has 0 bridgehead atoms. The van der Waals surface area contributed by atoms with Crippen molar-refractivity contribution in [1.82, 2.24) is 9.21 Å². The van der Waals surface area contributed by atoms with Crippen LogP contribution >= 0.6 is 0 Å². The molecule has 0 atom stereocenters. The first-order valence-corrected chi connectivity index (χ1v) is 10.0. The van der Waals surface area contributed by atoms with E-state index in [0.717, 1.165) is 24.7 Å². The molecule has 1 aromatic carbocycles. The van der Waals surface area contributed by atoms with Crippen LogP contribution in [0.5, 0.6) is 5.75 Å². The van der Waals surface area contributed by atoms with E-state index in [1.807, 2.05) is 26.0 Å². The van der Waals surface area contributed by atoms with Crippen molar-refractivity contribution in [1.29, 1.82) is 0 Å². The Morgan fingerprint density at radius 2 is 1.71 bits per heavy atom. The number of nitrogens with zero attached hydrogens (tertiary/aromatic N) is 2. The number of hydrogen-bond acceptors (Lipinski definition) is 4. The van der Waals surface area contributed by atoms with Gasteiger partial charge in [0.05, 0.1) is 19.9 Å². The molecule has 24 heavy (non-hydrogen) atoms. The SMILES string of the molecule is CCCN(CCC)C(=O)CN(Cc1ccccc1OC)S(C)(=O)=O. The maximum absolute atomic E-state index is 12.5. The summed E-state index contributed by atoms with van der Waals surface area (Å²) in [5.74, 6) is 0.441. The van der Waals surface area contributed by atoms with Crippen molar-refractivity contribution in [3.05, 3.63) is 29.8 Å². The Hall–Kier alpha value is -1.60. The van der Waals surface area contributed by atoms with E-state index >= 15 is 0 Å². The van der Waals surface area contributed by atoms with Gasteiger partial charge in [0.25, 0.3) is 0 Å². The van der Waals surface area contributed by atoms with Crippen LogP contribution in [0.15, 0.2) is 24.3 Å². The highest BCUT2D eigenvalue weighted by Crippen LogP contribution is 2.20. The number of benzene rings is 1. The third kappa shape index (κ3) is 6.13. The topological polar surface area (TPSA) is 66.9 Å². The fourth-order valence-corrected chi connectivity index (χ4v) is 3.18. The molecular formula is C17H28N2O4S. The number of carbonyl (C=O) groups is 1. The van der Waals surface area contributed by atoms with E-state index in [9.17, 15) is 13.2 Å². The van der Waals surface area contributed by atoms with Gasteiger partial charge in [-0.2, -0.15) is 4.31 Å². The van der Waals surface area contributed by atoms with Crippen molar-refractivity contribution >= 4 is 15.9 Å². The highest BCUT2D eigenvalue weighted by molar-refractivity contribution is 7.88. The third-order valence-electron chi connectivity index (χ3n) is 3.66. The summed E-state index contributed by atoms with van der Waals surface area (Å²) in [7, 11) is -1.98. The lowest BCUT2D eigenvalue weighted by atomic mass is 10.2. The molecule has 0 aliphatic heterocycles. The zero-order valence-corrected chi connectivity index (χ0v) is 15.8. The van der Waals surface area contributed by atoms with Gasteiger partial charge >= 0.3 is 0 Å². The van der Waals surface area contributed by atoms with Gasteiger partial charge in [-0.05, 0) is 18.9 Å². The molecule has 6 nitrogen and oxygen atoms in total. The molecule has 1 aromatic rings. The summed E-state index contributed by atoms with van der Waals surface area (Å²) in [5.41, 5.74) is 0.732. The lowest BCUT2D eigenvalue weighted by Crippen LogP contribution is -2.42. The number of ether oxygens (including phenoxy) is 1. The van der Waals surface area contributed by atoms with Crippen molar-refractivity contribution in [2.24, 2.45) is 0 Å². The van der Waals surface area contributed by atoms with E-state index in [4.69, 9.17) is 4.74 Å². The first kappa shape index (κ1) is 20.4. The Morgan fingerprint density at radius 3 is 2.21 bits per heavy atom. The minimum atomic E-state index is -3.52. The Bertz CT molecular complexity index is 625. The summed E-state index contributed by atoms with van der Waals surface area (Å²) in [6, 6.07) is 7.22. The van der Waals surface area contributed by atoms with Gasteiger partial charge in [-0.15, -0.1) is 0 Å². The number of hydrogen-bond donors (Lipinski definition) is 0. The van der Waals surface area contributed by atoms with Crippen LogP contribution in [0.1, 0.15) is 32.3 Å². The molecule has 0 unspecified atom stereocenters. The van der Waals surface area contributed by atoms with E-state index in [1.165, 1.54) is 4.31 Å². The lowest BCUT2D eigenvalue weighted by molar-refractivity contribution is -0.131. The minimum Gasteiger partial charge on any atom is -0.496 e. The minimum absolute atomic E-state index is 0.112. The van der Waals surface area contributed by atoms with Crippen molar-refractivity contribution in [2.75, 3.05) is 33.0 Å². The average Bonchev–Trinajstić information content (AvgIpc) is 2.53. The summed E-state index contributed by atoms with van der Waals surface area (Å²) < 4.78 is 30.7. The summed E-state index contributed by atoms with van der Waals surface area (Å²) in [6.45, 7) is 5.23. The fraction of sp³-hybridized carbons (Fsp3) is 0.588. The first-order valence-electron chi connectivity index (χ1n) is 8.18. The number of sulfonamides is 1. The summed E-state index contributed by atoms with van der Waals surface area (Å²) in [6.07, 6.45) is 2.81. The second kappa shape index (κ2) is 9.64. The van der Waals surface area contributed by atoms with Crippen molar-refractivity contribution in [3.8, 4) is 5.75 Å². The Morgan fingerprint density at radius 1 is 1.12 bits per heavy atom. The van der Waals surface area contributed by atoms with E-state index in [1.54, 1.807) is 24.1 Å². The van der Waals surface area contributed by atoms with Crippen LogP contribution in [-0.2, 0) is 21.4 Å². The van der Waals surface area contributed by atoms with Crippen molar-refractivity contribution in [2.45, 2.75) is 33.2 Å². The second-order valence-corrected chi connectivity index (χ2v) is 7.71. The summed E-state index contributed by atoms with van der Waals surface area (Å²) in [4.78, 5) is 14.2. The average molecular weight is 356 g/mol. The molecule has 0 aliphatic carbocycles. The Labute approximate surface area is 145 Å². The molecule has 0 saturated carbocycles. The third-order valence-corrected chi connectivity index (χ3v) is 4.86. The molecule has 0 fully saturated rings. The van der Waals surface area contributed by atoms with Crippen LogP contribution in [0.4, 0.5) is 0 Å². The molecule has 0 aromatic heterocycles. The Kier molecular flexibility index (Phi) is 8.21.